The summed E-state index contributed by atoms with van der Waals surface area (Å²) in [5.41, 5.74) is 0.907. The first kappa shape index (κ1) is 18.6. The average molecular weight is 408 g/mol. The number of alkyl halides is 3. The van der Waals surface area contributed by atoms with Gasteiger partial charge in [-0.3, -0.25) is 9.69 Å². The van der Waals surface area contributed by atoms with Gasteiger partial charge in [-0.15, -0.1) is 0 Å². The molecule has 144 valence electrons. The van der Waals surface area contributed by atoms with Crippen LogP contribution < -0.4 is 4.90 Å². The van der Waals surface area contributed by atoms with Crippen LogP contribution in [0.2, 0.25) is 5.02 Å². The van der Waals surface area contributed by atoms with E-state index in [-0.39, 0.29) is 24.6 Å². The van der Waals surface area contributed by atoms with Gasteiger partial charge in [0, 0.05) is 23.0 Å². The summed E-state index contributed by atoms with van der Waals surface area (Å²) < 4.78 is 43.6. The number of benzene rings is 2. The zero-order valence-electron chi connectivity index (χ0n) is 14.3. The first-order valence-electron chi connectivity index (χ1n) is 8.41. The maximum atomic E-state index is 12.9. The zero-order chi connectivity index (χ0) is 20.1. The van der Waals surface area contributed by atoms with Crippen LogP contribution in [-0.2, 0) is 20.5 Å². The van der Waals surface area contributed by atoms with E-state index in [1.807, 2.05) is 0 Å². The van der Waals surface area contributed by atoms with Gasteiger partial charge >= 0.3 is 12.1 Å². The van der Waals surface area contributed by atoms with E-state index in [0.717, 1.165) is 17.7 Å². The minimum atomic E-state index is -4.47. The summed E-state index contributed by atoms with van der Waals surface area (Å²) in [4.78, 5) is 26.5. The van der Waals surface area contributed by atoms with Crippen molar-refractivity contribution >= 4 is 29.2 Å². The highest BCUT2D eigenvalue weighted by atomic mass is 35.5. The monoisotopic (exact) mass is 407 g/mol. The topological polar surface area (TPSA) is 46.6 Å². The van der Waals surface area contributed by atoms with Crippen LogP contribution in [0.4, 0.5) is 18.9 Å². The first-order valence-corrected chi connectivity index (χ1v) is 8.79. The van der Waals surface area contributed by atoms with Crippen molar-refractivity contribution in [3.05, 3.63) is 76.0 Å². The van der Waals surface area contributed by atoms with Crippen molar-refractivity contribution in [2.45, 2.75) is 18.5 Å². The molecule has 4 rings (SSSR count). The second-order valence-electron chi connectivity index (χ2n) is 6.52. The highest BCUT2D eigenvalue weighted by Crippen LogP contribution is 2.42. The third kappa shape index (κ3) is 3.16. The number of cyclic esters (lactones) is 1. The fourth-order valence-electron chi connectivity index (χ4n) is 3.53. The maximum absolute atomic E-state index is 12.9. The third-order valence-electron chi connectivity index (χ3n) is 4.84. The summed E-state index contributed by atoms with van der Waals surface area (Å²) in [6, 6.07) is 11.1. The van der Waals surface area contributed by atoms with Crippen LogP contribution in [0.5, 0.6) is 0 Å². The highest BCUT2D eigenvalue weighted by Gasteiger charge is 2.43. The van der Waals surface area contributed by atoms with E-state index in [9.17, 15) is 22.8 Å². The lowest BCUT2D eigenvalue weighted by Crippen LogP contribution is -2.37. The molecule has 2 aromatic carbocycles. The summed E-state index contributed by atoms with van der Waals surface area (Å²) in [5, 5.41) is 0.528. The third-order valence-corrected chi connectivity index (χ3v) is 5.09. The van der Waals surface area contributed by atoms with E-state index in [4.69, 9.17) is 16.3 Å². The molecule has 2 heterocycles. The second-order valence-corrected chi connectivity index (χ2v) is 6.95. The first-order chi connectivity index (χ1) is 13.3. The quantitative estimate of drug-likeness (QED) is 0.678. The predicted molar refractivity (Wildman–Crippen MR) is 95.7 cm³/mol. The van der Waals surface area contributed by atoms with Crippen LogP contribution in [-0.4, -0.2) is 18.5 Å². The smallest absolute Gasteiger partial charge is 0.416 e. The van der Waals surface area contributed by atoms with Gasteiger partial charge in [0.2, 0.25) is 5.91 Å². The molecule has 0 spiro atoms. The van der Waals surface area contributed by atoms with Crippen molar-refractivity contribution in [2.24, 2.45) is 0 Å². The molecule has 2 aromatic rings. The fourth-order valence-corrected chi connectivity index (χ4v) is 3.66. The van der Waals surface area contributed by atoms with Gasteiger partial charge in [-0.25, -0.2) is 4.79 Å². The van der Waals surface area contributed by atoms with Crippen LogP contribution in [0.25, 0.3) is 0 Å². The molecular weight excluding hydrogens is 395 g/mol. The van der Waals surface area contributed by atoms with Gasteiger partial charge in [-0.1, -0.05) is 23.7 Å². The van der Waals surface area contributed by atoms with E-state index in [2.05, 4.69) is 0 Å². The van der Waals surface area contributed by atoms with E-state index in [0.29, 0.717) is 16.3 Å². The molecule has 0 N–H and O–H groups in total. The molecule has 28 heavy (non-hydrogen) atoms. The number of hydrogen-bond donors (Lipinski definition) is 0. The molecular formula is C20H13ClF3NO3. The Morgan fingerprint density at radius 3 is 2.25 bits per heavy atom. The molecule has 0 aromatic heterocycles. The zero-order valence-corrected chi connectivity index (χ0v) is 15.1. The number of halogens is 4. The number of carbonyl (C=O) groups is 2. The van der Waals surface area contributed by atoms with Crippen molar-refractivity contribution < 1.29 is 27.5 Å². The Balaban J connectivity index is 1.76. The number of amides is 1. The van der Waals surface area contributed by atoms with E-state index in [1.165, 1.54) is 17.0 Å². The van der Waals surface area contributed by atoms with Gasteiger partial charge in [0.05, 0.1) is 16.8 Å². The average Bonchev–Trinajstić information content (AvgIpc) is 3.03. The largest absolute Gasteiger partial charge is 0.456 e. The molecule has 0 bridgehead atoms. The summed E-state index contributed by atoms with van der Waals surface area (Å²) in [7, 11) is 0. The maximum Gasteiger partial charge on any atom is 0.416 e. The Morgan fingerprint density at radius 2 is 1.64 bits per heavy atom. The van der Waals surface area contributed by atoms with Crippen molar-refractivity contribution in [3.8, 4) is 0 Å². The van der Waals surface area contributed by atoms with Crippen molar-refractivity contribution in [3.63, 3.8) is 0 Å². The molecule has 0 saturated carbocycles. The predicted octanol–water partition coefficient (Wildman–Crippen LogP) is 4.69. The Morgan fingerprint density at radius 1 is 1.00 bits per heavy atom. The molecule has 1 atom stereocenters. The van der Waals surface area contributed by atoms with E-state index in [1.54, 1.807) is 24.3 Å². The summed E-state index contributed by atoms with van der Waals surface area (Å²) in [5.74, 6) is -1.34. The number of ether oxygens (including phenoxy) is 1. The van der Waals surface area contributed by atoms with E-state index < -0.39 is 23.6 Å². The molecule has 0 fully saturated rings. The lowest BCUT2D eigenvalue weighted by Gasteiger charge is -2.32. The van der Waals surface area contributed by atoms with Gasteiger partial charge in [0.1, 0.15) is 6.61 Å². The van der Waals surface area contributed by atoms with Gasteiger partial charge in [0.15, 0.2) is 0 Å². The van der Waals surface area contributed by atoms with Crippen LogP contribution in [0.1, 0.15) is 23.5 Å². The number of hydrogen-bond acceptors (Lipinski definition) is 3. The summed E-state index contributed by atoms with van der Waals surface area (Å²) >= 11 is 5.91. The molecule has 4 nitrogen and oxygen atoms in total. The van der Waals surface area contributed by atoms with Gasteiger partial charge < -0.3 is 4.74 Å². The van der Waals surface area contributed by atoms with Crippen LogP contribution >= 0.6 is 11.6 Å². The molecule has 2 aliphatic heterocycles. The fraction of sp³-hybridized carbons (Fsp3) is 0.200. The van der Waals surface area contributed by atoms with Gasteiger partial charge in [-0.05, 0) is 42.0 Å². The van der Waals surface area contributed by atoms with Crippen molar-refractivity contribution in [2.75, 3.05) is 11.5 Å². The molecule has 1 amide bonds. The Kier molecular flexibility index (Phi) is 4.42. The SMILES string of the molecule is O=C1OCC2=C1C(c1ccc(Cl)cc1)CC(=O)N2c1ccc(C(F)(F)F)cc1. The van der Waals surface area contributed by atoms with Crippen LogP contribution in [0.3, 0.4) is 0 Å². The van der Waals surface area contributed by atoms with Crippen molar-refractivity contribution in [1.82, 2.24) is 0 Å². The van der Waals surface area contributed by atoms with E-state index >= 15 is 0 Å². The standard InChI is InChI=1S/C20H13ClF3NO3/c21-13-5-1-11(2-6-13)15-9-17(26)25(16-10-28-19(27)18(15)16)14-7-3-12(4-8-14)20(22,23)24/h1-8,15H,9-10H2. The Bertz CT molecular complexity index is 981. The molecule has 1 unspecified atom stereocenters. The molecule has 0 aliphatic carbocycles. The number of carbonyl (C=O) groups excluding carboxylic acids is 2. The van der Waals surface area contributed by atoms with Crippen molar-refractivity contribution in [1.29, 1.82) is 0 Å². The molecule has 0 radical (unpaired) electrons. The number of rotatable bonds is 2. The molecule has 0 saturated heterocycles. The minimum absolute atomic E-state index is 0.00338. The molecule has 8 heteroatoms. The molecule has 2 aliphatic rings. The number of nitrogens with zero attached hydrogens (tertiary/aromatic N) is 1. The Hall–Kier alpha value is -2.80. The van der Waals surface area contributed by atoms with Gasteiger partial charge in [-0.2, -0.15) is 13.2 Å². The van der Waals surface area contributed by atoms with Gasteiger partial charge in [0.25, 0.3) is 0 Å². The highest BCUT2D eigenvalue weighted by molar-refractivity contribution is 6.30. The second kappa shape index (κ2) is 6.67. The number of esters is 1. The lowest BCUT2D eigenvalue weighted by atomic mass is 9.84. The van der Waals surface area contributed by atoms with Crippen LogP contribution in [0, 0.1) is 0 Å². The lowest BCUT2D eigenvalue weighted by molar-refractivity contribution is -0.138. The van der Waals surface area contributed by atoms with Crippen LogP contribution in [0.15, 0.2) is 59.8 Å². The Labute approximate surface area is 163 Å². The summed E-state index contributed by atoms with van der Waals surface area (Å²) in [6.07, 6.45) is -4.47. The minimum Gasteiger partial charge on any atom is -0.456 e. The number of anilines is 1. The summed E-state index contributed by atoms with van der Waals surface area (Å²) in [6.45, 7) is -0.106. The normalized spacial score (nSPS) is 19.7.